The summed E-state index contributed by atoms with van der Waals surface area (Å²) >= 11 is 3.22. The Morgan fingerprint density at radius 3 is 2.69 bits per heavy atom. The summed E-state index contributed by atoms with van der Waals surface area (Å²) in [6.45, 7) is 6.12. The number of nitrogens with two attached hydrogens (primary N) is 1. The number of aromatic nitrogens is 2. The first kappa shape index (κ1) is 10.9. The van der Waals surface area contributed by atoms with Gasteiger partial charge >= 0.3 is 0 Å². The molecule has 2 atom stereocenters. The zero-order valence-corrected chi connectivity index (χ0v) is 9.78. The molecule has 1 heterocycles. The van der Waals surface area contributed by atoms with E-state index in [2.05, 4.69) is 16.3 Å². The number of hydrogen-bond acceptors (Lipinski definition) is 5. The van der Waals surface area contributed by atoms with E-state index in [1.807, 2.05) is 13.8 Å². The maximum absolute atomic E-state index is 5.71. The van der Waals surface area contributed by atoms with Crippen LogP contribution in [-0.2, 0) is 0 Å². The summed E-state index contributed by atoms with van der Waals surface area (Å²) in [5, 5.41) is 0.521. The van der Waals surface area contributed by atoms with Gasteiger partial charge in [-0.05, 0) is 31.8 Å². The molecule has 0 radical (unpaired) electrons. The van der Waals surface area contributed by atoms with Gasteiger partial charge in [0.2, 0.25) is 0 Å². The minimum Gasteiger partial charge on any atom is -0.328 e. The van der Waals surface area contributed by atoms with Crippen molar-refractivity contribution in [2.24, 2.45) is 5.73 Å². The molecule has 13 heavy (non-hydrogen) atoms. The standard InChI is InChI=1S/C8H15N3S2/c1-5(9)4-6(2)12-8-10-7(3)11-13-8/h5-6H,4,9H2,1-3H3. The predicted molar refractivity (Wildman–Crippen MR) is 58.2 cm³/mol. The fourth-order valence-corrected chi connectivity index (χ4v) is 3.20. The highest BCUT2D eigenvalue weighted by Gasteiger charge is 2.09. The molecule has 2 unspecified atom stereocenters. The van der Waals surface area contributed by atoms with Gasteiger partial charge in [-0.2, -0.15) is 4.37 Å². The first-order chi connectivity index (χ1) is 6.08. The first-order valence-corrected chi connectivity index (χ1v) is 5.95. The molecule has 0 spiro atoms. The van der Waals surface area contributed by atoms with Crippen LogP contribution in [0.25, 0.3) is 0 Å². The van der Waals surface area contributed by atoms with Crippen LogP contribution in [0.3, 0.4) is 0 Å². The fraction of sp³-hybridized carbons (Fsp3) is 0.750. The van der Waals surface area contributed by atoms with Gasteiger partial charge in [0.1, 0.15) is 5.82 Å². The van der Waals surface area contributed by atoms with Gasteiger partial charge in [0.05, 0.1) is 0 Å². The van der Waals surface area contributed by atoms with Crippen LogP contribution in [0.1, 0.15) is 26.1 Å². The molecular formula is C8H15N3S2. The summed E-state index contributed by atoms with van der Waals surface area (Å²) in [4.78, 5) is 4.29. The van der Waals surface area contributed by atoms with Crippen LogP contribution >= 0.6 is 23.3 Å². The van der Waals surface area contributed by atoms with E-state index >= 15 is 0 Å². The van der Waals surface area contributed by atoms with E-state index in [4.69, 9.17) is 5.73 Å². The Kier molecular flexibility index (Phi) is 4.15. The SMILES string of the molecule is Cc1nsc(SC(C)CC(C)N)n1. The minimum atomic E-state index is 0.261. The van der Waals surface area contributed by atoms with E-state index in [1.165, 1.54) is 11.5 Å². The van der Waals surface area contributed by atoms with Crippen molar-refractivity contribution in [2.45, 2.75) is 42.8 Å². The van der Waals surface area contributed by atoms with E-state index in [0.29, 0.717) is 5.25 Å². The topological polar surface area (TPSA) is 51.8 Å². The van der Waals surface area contributed by atoms with Gasteiger partial charge in [-0.15, -0.1) is 0 Å². The Bertz CT molecular complexity index is 260. The van der Waals surface area contributed by atoms with Crippen LogP contribution in [0, 0.1) is 6.92 Å². The lowest BCUT2D eigenvalue weighted by atomic mass is 10.2. The maximum Gasteiger partial charge on any atom is 0.170 e. The van der Waals surface area contributed by atoms with E-state index in [1.54, 1.807) is 11.8 Å². The zero-order valence-electron chi connectivity index (χ0n) is 8.15. The van der Waals surface area contributed by atoms with E-state index in [9.17, 15) is 0 Å². The number of nitrogens with zero attached hydrogens (tertiary/aromatic N) is 2. The van der Waals surface area contributed by atoms with Gasteiger partial charge in [-0.3, -0.25) is 0 Å². The molecule has 0 saturated heterocycles. The molecule has 2 N–H and O–H groups in total. The number of aryl methyl sites for hydroxylation is 1. The summed E-state index contributed by atoms with van der Waals surface area (Å²) in [6.07, 6.45) is 1.02. The van der Waals surface area contributed by atoms with Crippen molar-refractivity contribution >= 4 is 23.3 Å². The Hall–Kier alpha value is -0.130. The Morgan fingerprint density at radius 1 is 1.54 bits per heavy atom. The Labute approximate surface area is 87.3 Å². The number of rotatable bonds is 4. The lowest BCUT2D eigenvalue weighted by molar-refractivity contribution is 0.663. The second-order valence-electron chi connectivity index (χ2n) is 3.25. The predicted octanol–water partition coefficient (Wildman–Crippen LogP) is 2.06. The van der Waals surface area contributed by atoms with Crippen molar-refractivity contribution in [3.05, 3.63) is 5.82 Å². The van der Waals surface area contributed by atoms with Crippen molar-refractivity contribution in [2.75, 3.05) is 0 Å². The third kappa shape index (κ3) is 4.06. The molecular weight excluding hydrogens is 202 g/mol. The van der Waals surface area contributed by atoms with Crippen LogP contribution in [0.5, 0.6) is 0 Å². The van der Waals surface area contributed by atoms with Crippen molar-refractivity contribution in [1.29, 1.82) is 0 Å². The highest BCUT2D eigenvalue weighted by atomic mass is 32.2. The molecule has 74 valence electrons. The van der Waals surface area contributed by atoms with E-state index in [-0.39, 0.29) is 6.04 Å². The molecule has 3 nitrogen and oxygen atoms in total. The Morgan fingerprint density at radius 2 is 2.23 bits per heavy atom. The highest BCUT2D eigenvalue weighted by Crippen LogP contribution is 2.26. The third-order valence-electron chi connectivity index (χ3n) is 1.51. The van der Waals surface area contributed by atoms with Gasteiger partial charge in [-0.1, -0.05) is 18.7 Å². The van der Waals surface area contributed by atoms with E-state index < -0.39 is 0 Å². The van der Waals surface area contributed by atoms with Gasteiger partial charge < -0.3 is 5.73 Å². The summed E-state index contributed by atoms with van der Waals surface area (Å²) in [5.74, 6) is 0.862. The molecule has 1 aromatic heterocycles. The number of hydrogen-bond donors (Lipinski definition) is 1. The minimum absolute atomic E-state index is 0.261. The van der Waals surface area contributed by atoms with E-state index in [0.717, 1.165) is 16.6 Å². The van der Waals surface area contributed by atoms with Crippen molar-refractivity contribution < 1.29 is 0 Å². The molecule has 0 aliphatic carbocycles. The lowest BCUT2D eigenvalue weighted by Gasteiger charge is -2.10. The second-order valence-corrected chi connectivity index (χ2v) is 5.69. The average Bonchev–Trinajstić information content (AvgIpc) is 2.33. The molecule has 0 aliphatic rings. The van der Waals surface area contributed by atoms with Gasteiger partial charge in [-0.25, -0.2) is 4.98 Å². The lowest BCUT2D eigenvalue weighted by Crippen LogP contribution is -2.19. The average molecular weight is 217 g/mol. The third-order valence-corrected chi connectivity index (χ3v) is 3.52. The molecule has 5 heteroatoms. The van der Waals surface area contributed by atoms with Gasteiger partial charge in [0.25, 0.3) is 0 Å². The summed E-state index contributed by atoms with van der Waals surface area (Å²) < 4.78 is 5.17. The molecule has 1 rings (SSSR count). The smallest absolute Gasteiger partial charge is 0.170 e. The van der Waals surface area contributed by atoms with Crippen LogP contribution in [-0.4, -0.2) is 20.6 Å². The summed E-state index contributed by atoms with van der Waals surface area (Å²) in [6, 6.07) is 0.261. The van der Waals surface area contributed by atoms with Crippen molar-refractivity contribution in [3.63, 3.8) is 0 Å². The van der Waals surface area contributed by atoms with Gasteiger partial charge in [0.15, 0.2) is 4.34 Å². The summed E-state index contributed by atoms with van der Waals surface area (Å²) in [5.41, 5.74) is 5.71. The molecule has 0 bridgehead atoms. The van der Waals surface area contributed by atoms with Gasteiger partial charge in [0, 0.05) is 11.3 Å². The fourth-order valence-electron chi connectivity index (χ4n) is 1.07. The largest absolute Gasteiger partial charge is 0.328 e. The summed E-state index contributed by atoms with van der Waals surface area (Å²) in [7, 11) is 0. The molecule has 0 fully saturated rings. The molecule has 0 aromatic carbocycles. The molecule has 0 aliphatic heterocycles. The number of thioether (sulfide) groups is 1. The van der Waals surface area contributed by atoms with Crippen LogP contribution < -0.4 is 5.73 Å². The quantitative estimate of drug-likeness (QED) is 0.784. The van der Waals surface area contributed by atoms with Crippen LogP contribution in [0.2, 0.25) is 0 Å². The molecule has 1 aromatic rings. The van der Waals surface area contributed by atoms with Crippen LogP contribution in [0.15, 0.2) is 4.34 Å². The molecule has 0 saturated carbocycles. The maximum atomic E-state index is 5.71. The monoisotopic (exact) mass is 217 g/mol. The Balaban J connectivity index is 2.40. The molecule has 0 amide bonds. The van der Waals surface area contributed by atoms with Crippen molar-refractivity contribution in [1.82, 2.24) is 9.36 Å². The highest BCUT2D eigenvalue weighted by molar-refractivity contribution is 8.01. The second kappa shape index (κ2) is 4.93. The van der Waals surface area contributed by atoms with Crippen molar-refractivity contribution in [3.8, 4) is 0 Å². The first-order valence-electron chi connectivity index (χ1n) is 4.30. The zero-order chi connectivity index (χ0) is 9.84. The normalized spacial score (nSPS) is 15.7. The van der Waals surface area contributed by atoms with Crippen LogP contribution in [0.4, 0.5) is 0 Å².